The van der Waals surface area contributed by atoms with Gasteiger partial charge in [0.05, 0.1) is 37.7 Å². The maximum absolute atomic E-state index is 13.5. The summed E-state index contributed by atoms with van der Waals surface area (Å²) in [5.74, 6) is -0.325. The molecule has 0 fully saturated rings. The molecule has 20 heavy (non-hydrogen) atoms. The fraction of sp³-hybridized carbons (Fsp3) is 0.600. The second kappa shape index (κ2) is 8.89. The number of ether oxygens (including phenoxy) is 2. The molecule has 5 heteroatoms. The summed E-state index contributed by atoms with van der Waals surface area (Å²) in [6, 6.07) is 4.82. The van der Waals surface area contributed by atoms with Gasteiger partial charge in [0.15, 0.2) is 0 Å². The lowest BCUT2D eigenvalue weighted by molar-refractivity contribution is -0.00735. The van der Waals surface area contributed by atoms with E-state index in [-0.39, 0.29) is 25.1 Å². The predicted octanol–water partition coefficient (Wildman–Crippen LogP) is 2.35. The first-order valence-electron chi connectivity index (χ1n) is 6.86. The quantitative estimate of drug-likeness (QED) is 0.684. The summed E-state index contributed by atoms with van der Waals surface area (Å²) in [5.41, 5.74) is 1.36. The van der Waals surface area contributed by atoms with Gasteiger partial charge in [-0.15, -0.1) is 0 Å². The third-order valence-corrected chi connectivity index (χ3v) is 2.64. The minimum Gasteiger partial charge on any atom is -0.389 e. The molecule has 1 atom stereocenters. The zero-order valence-electron chi connectivity index (χ0n) is 12.4. The van der Waals surface area contributed by atoms with Crippen LogP contribution in [0.4, 0.5) is 10.1 Å². The molecule has 0 bridgehead atoms. The average molecular weight is 285 g/mol. The van der Waals surface area contributed by atoms with Crippen molar-refractivity contribution in [3.8, 4) is 0 Å². The first kappa shape index (κ1) is 16.9. The van der Waals surface area contributed by atoms with Crippen molar-refractivity contribution < 1.29 is 19.0 Å². The molecule has 0 saturated carbocycles. The van der Waals surface area contributed by atoms with Crippen LogP contribution in [0.25, 0.3) is 0 Å². The topological polar surface area (TPSA) is 50.7 Å². The van der Waals surface area contributed by atoms with Crippen molar-refractivity contribution in [3.05, 3.63) is 29.6 Å². The van der Waals surface area contributed by atoms with E-state index in [2.05, 4.69) is 5.32 Å². The number of rotatable bonds is 9. The van der Waals surface area contributed by atoms with Crippen molar-refractivity contribution in [1.82, 2.24) is 0 Å². The van der Waals surface area contributed by atoms with Crippen molar-refractivity contribution in [2.75, 3.05) is 31.7 Å². The number of nitrogens with one attached hydrogen (secondary N) is 1. The zero-order chi connectivity index (χ0) is 15.0. The smallest absolute Gasteiger partial charge is 0.146 e. The monoisotopic (exact) mass is 285 g/mol. The van der Waals surface area contributed by atoms with Crippen LogP contribution in [-0.4, -0.2) is 43.7 Å². The van der Waals surface area contributed by atoms with Crippen LogP contribution >= 0.6 is 0 Å². The van der Waals surface area contributed by atoms with Crippen LogP contribution in [0.5, 0.6) is 0 Å². The predicted molar refractivity (Wildman–Crippen MR) is 77.5 cm³/mol. The summed E-state index contributed by atoms with van der Waals surface area (Å²) in [5, 5.41) is 12.6. The van der Waals surface area contributed by atoms with E-state index in [0.717, 1.165) is 5.56 Å². The molecule has 2 N–H and O–H groups in total. The SMILES string of the molecule is Cc1ccc(F)c(NCC(O)COCCOC(C)C)c1. The molecule has 114 valence electrons. The summed E-state index contributed by atoms with van der Waals surface area (Å²) in [6.45, 7) is 7.18. The first-order valence-corrected chi connectivity index (χ1v) is 6.86. The summed E-state index contributed by atoms with van der Waals surface area (Å²) < 4.78 is 24.0. The minimum atomic E-state index is -0.686. The van der Waals surface area contributed by atoms with Gasteiger partial charge in [-0.2, -0.15) is 0 Å². The Bertz CT molecular complexity index is 399. The highest BCUT2D eigenvalue weighted by molar-refractivity contribution is 5.47. The van der Waals surface area contributed by atoms with Crippen LogP contribution < -0.4 is 5.32 Å². The van der Waals surface area contributed by atoms with E-state index >= 15 is 0 Å². The van der Waals surface area contributed by atoms with Crippen LogP contribution in [0, 0.1) is 12.7 Å². The Kier molecular flexibility index (Phi) is 7.51. The van der Waals surface area contributed by atoms with Crippen LogP contribution in [0.1, 0.15) is 19.4 Å². The second-order valence-corrected chi connectivity index (χ2v) is 5.01. The number of halogens is 1. The summed E-state index contributed by atoms with van der Waals surface area (Å²) in [4.78, 5) is 0. The fourth-order valence-electron chi connectivity index (χ4n) is 1.62. The van der Waals surface area contributed by atoms with Gasteiger partial charge in [0.2, 0.25) is 0 Å². The highest BCUT2D eigenvalue weighted by atomic mass is 19.1. The molecular weight excluding hydrogens is 261 g/mol. The van der Waals surface area contributed by atoms with Crippen LogP contribution in [0.15, 0.2) is 18.2 Å². The molecule has 1 rings (SSSR count). The molecule has 1 aromatic carbocycles. The van der Waals surface area contributed by atoms with Crippen LogP contribution in [-0.2, 0) is 9.47 Å². The molecule has 0 aliphatic rings. The van der Waals surface area contributed by atoms with E-state index in [1.54, 1.807) is 12.1 Å². The molecule has 0 saturated heterocycles. The van der Waals surface area contributed by atoms with Crippen molar-refractivity contribution >= 4 is 5.69 Å². The van der Waals surface area contributed by atoms with E-state index in [1.165, 1.54) is 6.07 Å². The number of benzene rings is 1. The normalized spacial score (nSPS) is 12.7. The summed E-state index contributed by atoms with van der Waals surface area (Å²) in [6.07, 6.45) is -0.511. The highest BCUT2D eigenvalue weighted by Crippen LogP contribution is 2.15. The van der Waals surface area contributed by atoms with Gasteiger partial charge < -0.3 is 19.9 Å². The molecule has 0 spiro atoms. The maximum Gasteiger partial charge on any atom is 0.146 e. The van der Waals surface area contributed by atoms with E-state index in [4.69, 9.17) is 9.47 Å². The van der Waals surface area contributed by atoms with Crippen LogP contribution in [0.3, 0.4) is 0 Å². The zero-order valence-corrected chi connectivity index (χ0v) is 12.4. The van der Waals surface area contributed by atoms with Crippen molar-refractivity contribution in [2.24, 2.45) is 0 Å². The van der Waals surface area contributed by atoms with Crippen molar-refractivity contribution in [1.29, 1.82) is 0 Å². The number of aliphatic hydroxyl groups is 1. The Hall–Kier alpha value is -1.17. The van der Waals surface area contributed by atoms with Gasteiger partial charge in [-0.1, -0.05) is 6.07 Å². The third kappa shape index (κ3) is 6.84. The average Bonchev–Trinajstić information content (AvgIpc) is 2.39. The molecule has 1 unspecified atom stereocenters. The van der Waals surface area contributed by atoms with Gasteiger partial charge >= 0.3 is 0 Å². The highest BCUT2D eigenvalue weighted by Gasteiger charge is 2.07. The lowest BCUT2D eigenvalue weighted by atomic mass is 10.2. The Morgan fingerprint density at radius 3 is 2.75 bits per heavy atom. The number of hydrogen-bond acceptors (Lipinski definition) is 4. The largest absolute Gasteiger partial charge is 0.389 e. The van der Waals surface area contributed by atoms with Gasteiger partial charge in [0.25, 0.3) is 0 Å². The van der Waals surface area contributed by atoms with Gasteiger partial charge in [-0.25, -0.2) is 4.39 Å². The number of aryl methyl sites for hydroxylation is 1. The van der Waals surface area contributed by atoms with Crippen molar-refractivity contribution in [3.63, 3.8) is 0 Å². The Labute approximate surface area is 119 Å². The molecule has 0 aliphatic heterocycles. The van der Waals surface area contributed by atoms with Gasteiger partial charge in [0, 0.05) is 6.54 Å². The molecule has 4 nitrogen and oxygen atoms in total. The van der Waals surface area contributed by atoms with Crippen molar-refractivity contribution in [2.45, 2.75) is 33.0 Å². The molecule has 0 radical (unpaired) electrons. The lowest BCUT2D eigenvalue weighted by Gasteiger charge is -2.14. The Morgan fingerprint density at radius 2 is 2.05 bits per heavy atom. The number of aliphatic hydroxyl groups excluding tert-OH is 1. The first-order chi connectivity index (χ1) is 9.49. The van der Waals surface area contributed by atoms with E-state index in [1.807, 2.05) is 20.8 Å². The standard InChI is InChI=1S/C15H24FNO3/c1-11(2)20-7-6-19-10-13(18)9-17-15-8-12(3)4-5-14(15)16/h4-5,8,11,13,17-18H,6-7,9-10H2,1-3H3. The molecular formula is C15H24FNO3. The van der Waals surface area contributed by atoms with Gasteiger partial charge in [-0.05, 0) is 38.5 Å². The summed E-state index contributed by atoms with van der Waals surface area (Å²) in [7, 11) is 0. The lowest BCUT2D eigenvalue weighted by Crippen LogP contribution is -2.26. The number of hydrogen-bond donors (Lipinski definition) is 2. The molecule has 1 aromatic rings. The maximum atomic E-state index is 13.5. The third-order valence-electron chi connectivity index (χ3n) is 2.64. The van der Waals surface area contributed by atoms with Crippen LogP contribution in [0.2, 0.25) is 0 Å². The molecule has 0 aromatic heterocycles. The second-order valence-electron chi connectivity index (χ2n) is 5.01. The van der Waals surface area contributed by atoms with Gasteiger partial charge in [-0.3, -0.25) is 0 Å². The van der Waals surface area contributed by atoms with Gasteiger partial charge in [0.1, 0.15) is 5.82 Å². The van der Waals surface area contributed by atoms with E-state index in [0.29, 0.717) is 18.9 Å². The molecule has 0 heterocycles. The Balaban J connectivity index is 2.19. The minimum absolute atomic E-state index is 0.175. The van der Waals surface area contributed by atoms with E-state index < -0.39 is 6.10 Å². The fourth-order valence-corrected chi connectivity index (χ4v) is 1.62. The van der Waals surface area contributed by atoms with E-state index in [9.17, 15) is 9.50 Å². The molecule has 0 amide bonds. The Morgan fingerprint density at radius 1 is 1.30 bits per heavy atom. The molecule has 0 aliphatic carbocycles. The number of anilines is 1. The summed E-state index contributed by atoms with van der Waals surface area (Å²) >= 11 is 0.